The van der Waals surface area contributed by atoms with Crippen molar-refractivity contribution in [3.8, 4) is 0 Å². The Kier molecular flexibility index (Phi) is 25.5. The maximum atomic E-state index is 12.3. The van der Waals surface area contributed by atoms with Gasteiger partial charge in [-0.05, 0) is 57.8 Å². The number of unbranched alkanes of at least 4 members (excludes halogenated alkanes) is 7. The molecule has 6 nitrogen and oxygen atoms in total. The summed E-state index contributed by atoms with van der Waals surface area (Å²) < 4.78 is 32.1. The minimum absolute atomic E-state index is 0.163. The maximum absolute atomic E-state index is 12.3. The first-order valence-corrected chi connectivity index (χ1v) is 16.7. The van der Waals surface area contributed by atoms with Crippen molar-refractivity contribution in [1.29, 1.82) is 0 Å². The number of carbonyl (C=O) groups is 1. The van der Waals surface area contributed by atoms with Crippen LogP contribution in [0.5, 0.6) is 0 Å². The van der Waals surface area contributed by atoms with Crippen LogP contribution < -0.4 is 5.32 Å². The molecule has 0 heterocycles. The van der Waals surface area contributed by atoms with E-state index in [9.17, 15) is 22.9 Å². The molecule has 0 aliphatic heterocycles. The number of nitrogens with one attached hydrogen (secondary N) is 1. The van der Waals surface area contributed by atoms with Gasteiger partial charge < -0.3 is 10.4 Å². The summed E-state index contributed by atoms with van der Waals surface area (Å²) in [4.78, 5) is 12.3. The second kappa shape index (κ2) is 27.0. The number of aliphatic hydroxyl groups excluding tert-OH is 1. The molecule has 0 aliphatic carbocycles. The maximum Gasteiger partial charge on any atom is 0.267 e. The van der Waals surface area contributed by atoms with Crippen molar-refractivity contribution in [3.05, 3.63) is 72.9 Å². The van der Waals surface area contributed by atoms with Crippen LogP contribution in [0.1, 0.15) is 110 Å². The van der Waals surface area contributed by atoms with E-state index in [1.54, 1.807) is 6.08 Å². The Morgan fingerprint density at radius 1 is 0.700 bits per heavy atom. The summed E-state index contributed by atoms with van der Waals surface area (Å²) in [6.45, 7) is 4.33. The Hall–Kier alpha value is -2.22. The average molecular weight is 578 g/mol. The molecule has 0 spiro atoms. The number of aliphatic hydroxyl groups is 1. The third-order valence-electron chi connectivity index (χ3n) is 6.13. The van der Waals surface area contributed by atoms with E-state index in [4.69, 9.17) is 0 Å². The predicted octanol–water partition coefficient (Wildman–Crippen LogP) is 7.95. The summed E-state index contributed by atoms with van der Waals surface area (Å²) >= 11 is 0. The van der Waals surface area contributed by atoms with Gasteiger partial charge in [0.1, 0.15) is 0 Å². The SMILES string of the molecule is CC/C=C\C/C=C\C/C=C\C/C=C\CCC(=O)NC(CS(=O)(=O)O)C(O)/C=C/CC/C=C/CCCCCCCC. The number of amides is 1. The molecule has 0 aromatic carbocycles. The first-order valence-electron chi connectivity index (χ1n) is 15.1. The smallest absolute Gasteiger partial charge is 0.267 e. The zero-order valence-electron chi connectivity index (χ0n) is 24.9. The van der Waals surface area contributed by atoms with Gasteiger partial charge in [0.2, 0.25) is 5.91 Å². The summed E-state index contributed by atoms with van der Waals surface area (Å²) in [6.07, 6.45) is 37.6. The van der Waals surface area contributed by atoms with Crippen LogP contribution in [-0.4, -0.2) is 41.9 Å². The quantitative estimate of drug-likeness (QED) is 0.0580. The lowest BCUT2D eigenvalue weighted by atomic mass is 10.1. The molecule has 0 saturated carbocycles. The molecule has 0 bridgehead atoms. The molecule has 40 heavy (non-hydrogen) atoms. The summed E-state index contributed by atoms with van der Waals surface area (Å²) in [5, 5.41) is 13.0. The number of carbonyl (C=O) groups excluding carboxylic acids is 1. The van der Waals surface area contributed by atoms with Crippen LogP contribution in [0.3, 0.4) is 0 Å². The van der Waals surface area contributed by atoms with Crippen LogP contribution in [0.15, 0.2) is 72.9 Å². The summed E-state index contributed by atoms with van der Waals surface area (Å²) in [6, 6.07) is -1.11. The van der Waals surface area contributed by atoms with Crippen molar-refractivity contribution in [2.75, 3.05) is 5.75 Å². The first kappa shape index (κ1) is 37.8. The molecule has 0 rings (SSSR count). The fourth-order valence-corrected chi connectivity index (χ4v) is 4.62. The van der Waals surface area contributed by atoms with Gasteiger partial charge in [0, 0.05) is 6.42 Å². The molecule has 228 valence electrons. The highest BCUT2D eigenvalue weighted by atomic mass is 32.2. The Bertz CT molecular complexity index is 900. The highest BCUT2D eigenvalue weighted by Gasteiger charge is 2.24. The van der Waals surface area contributed by atoms with Crippen LogP contribution in [0, 0.1) is 0 Å². The average Bonchev–Trinajstić information content (AvgIpc) is 2.90. The molecule has 0 aromatic rings. The van der Waals surface area contributed by atoms with Gasteiger partial charge in [0.25, 0.3) is 10.1 Å². The minimum Gasteiger partial charge on any atom is -0.387 e. The fraction of sp³-hybridized carbons (Fsp3) is 0.606. The Morgan fingerprint density at radius 2 is 1.23 bits per heavy atom. The standard InChI is InChI=1S/C33H55NO5S/c1-3-5-7-9-11-13-15-17-19-21-23-25-27-29-33(36)34-31(30-40(37,38)39)32(35)28-26-24-22-20-18-16-14-12-10-8-6-4-2/h5,7,11,13,17-20,23,25-26,28,31-32,35H,3-4,6,8-10,12,14-16,21-22,24,27,29-30H2,1-2H3,(H,34,36)(H,37,38,39)/b7-5-,13-11-,19-17-,20-18+,25-23-,28-26+. The third kappa shape index (κ3) is 27.4. The Balaban J connectivity index is 4.33. The van der Waals surface area contributed by atoms with Crippen LogP contribution in [0.25, 0.3) is 0 Å². The zero-order chi connectivity index (χ0) is 29.7. The molecule has 1 amide bonds. The van der Waals surface area contributed by atoms with Crippen LogP contribution in [0.2, 0.25) is 0 Å². The highest BCUT2D eigenvalue weighted by Crippen LogP contribution is 2.08. The molecular weight excluding hydrogens is 522 g/mol. The van der Waals surface area contributed by atoms with Gasteiger partial charge in [-0.15, -0.1) is 0 Å². The first-order chi connectivity index (χ1) is 19.3. The van der Waals surface area contributed by atoms with E-state index in [2.05, 4.69) is 67.8 Å². The molecule has 0 fully saturated rings. The molecule has 3 N–H and O–H groups in total. The largest absolute Gasteiger partial charge is 0.387 e. The summed E-state index contributed by atoms with van der Waals surface area (Å²) in [5.74, 6) is -1.12. The van der Waals surface area contributed by atoms with Crippen LogP contribution in [-0.2, 0) is 14.9 Å². The van der Waals surface area contributed by atoms with Crippen molar-refractivity contribution in [2.45, 2.75) is 122 Å². The normalized spacial score (nSPS) is 14.6. The minimum atomic E-state index is -4.37. The third-order valence-corrected chi connectivity index (χ3v) is 6.91. The number of allylic oxidation sites excluding steroid dienone is 11. The van der Waals surface area contributed by atoms with Crippen molar-refractivity contribution < 1.29 is 22.9 Å². The Morgan fingerprint density at radius 3 is 1.85 bits per heavy atom. The van der Waals surface area contributed by atoms with Crippen molar-refractivity contribution in [1.82, 2.24) is 5.32 Å². The number of hydrogen-bond donors (Lipinski definition) is 3. The number of hydrogen-bond acceptors (Lipinski definition) is 4. The molecule has 0 aromatic heterocycles. The monoisotopic (exact) mass is 577 g/mol. The molecular formula is C33H55NO5S. The van der Waals surface area contributed by atoms with Gasteiger partial charge >= 0.3 is 0 Å². The van der Waals surface area contributed by atoms with Gasteiger partial charge in [-0.3, -0.25) is 9.35 Å². The molecule has 0 radical (unpaired) electrons. The van der Waals surface area contributed by atoms with E-state index in [0.29, 0.717) is 12.8 Å². The molecule has 0 aliphatic rings. The van der Waals surface area contributed by atoms with Crippen LogP contribution in [0.4, 0.5) is 0 Å². The van der Waals surface area contributed by atoms with Crippen molar-refractivity contribution in [3.63, 3.8) is 0 Å². The molecule has 2 unspecified atom stereocenters. The highest BCUT2D eigenvalue weighted by molar-refractivity contribution is 7.85. The fourth-order valence-electron chi connectivity index (χ4n) is 3.88. The number of rotatable bonds is 25. The van der Waals surface area contributed by atoms with Gasteiger partial charge in [-0.1, -0.05) is 119 Å². The lowest BCUT2D eigenvalue weighted by Gasteiger charge is -2.20. The summed E-state index contributed by atoms with van der Waals surface area (Å²) in [7, 11) is -4.37. The van der Waals surface area contributed by atoms with Gasteiger partial charge in [-0.2, -0.15) is 8.42 Å². The van der Waals surface area contributed by atoms with E-state index in [1.807, 2.05) is 12.2 Å². The lowest BCUT2D eigenvalue weighted by Crippen LogP contribution is -2.46. The van der Waals surface area contributed by atoms with Gasteiger partial charge in [0.15, 0.2) is 0 Å². The van der Waals surface area contributed by atoms with E-state index in [0.717, 1.165) is 38.5 Å². The van der Waals surface area contributed by atoms with E-state index in [1.165, 1.54) is 44.6 Å². The van der Waals surface area contributed by atoms with E-state index in [-0.39, 0.29) is 12.3 Å². The summed E-state index contributed by atoms with van der Waals surface area (Å²) in [5.41, 5.74) is 0. The van der Waals surface area contributed by atoms with E-state index < -0.39 is 28.0 Å². The van der Waals surface area contributed by atoms with E-state index >= 15 is 0 Å². The Labute approximate surface area is 244 Å². The lowest BCUT2D eigenvalue weighted by molar-refractivity contribution is -0.122. The van der Waals surface area contributed by atoms with Gasteiger partial charge in [0.05, 0.1) is 17.9 Å². The van der Waals surface area contributed by atoms with Crippen molar-refractivity contribution >= 4 is 16.0 Å². The molecule has 2 atom stereocenters. The topological polar surface area (TPSA) is 104 Å². The predicted molar refractivity (Wildman–Crippen MR) is 170 cm³/mol. The molecule has 7 heteroatoms. The van der Waals surface area contributed by atoms with Crippen LogP contribution >= 0.6 is 0 Å². The zero-order valence-corrected chi connectivity index (χ0v) is 25.7. The second-order valence-electron chi connectivity index (χ2n) is 9.99. The molecule has 0 saturated heterocycles. The second-order valence-corrected chi connectivity index (χ2v) is 11.5. The van der Waals surface area contributed by atoms with Gasteiger partial charge in [-0.25, -0.2) is 0 Å². The van der Waals surface area contributed by atoms with Crippen molar-refractivity contribution in [2.24, 2.45) is 0 Å².